The number of ether oxygens (including phenoxy) is 1. The molecule has 0 aromatic heterocycles. The van der Waals surface area contributed by atoms with Crippen LogP contribution in [0.15, 0.2) is 42.5 Å². The predicted octanol–water partition coefficient (Wildman–Crippen LogP) is 7.61. The van der Waals surface area contributed by atoms with Crippen molar-refractivity contribution in [2.24, 2.45) is 11.8 Å². The van der Waals surface area contributed by atoms with Crippen LogP contribution in [0.2, 0.25) is 18.1 Å². The average Bonchev–Trinajstić information content (AvgIpc) is 2.63. The van der Waals surface area contributed by atoms with Gasteiger partial charge < -0.3 is 9.16 Å². The summed E-state index contributed by atoms with van der Waals surface area (Å²) in [5.41, 5.74) is 1.23. The molecule has 160 valence electrons. The van der Waals surface area contributed by atoms with E-state index in [4.69, 9.17) is 9.16 Å². The van der Waals surface area contributed by atoms with Gasteiger partial charge in [0.2, 0.25) is 0 Å². The first-order chi connectivity index (χ1) is 13.1. The number of rotatable bonds is 12. The zero-order valence-electron chi connectivity index (χ0n) is 19.6. The van der Waals surface area contributed by atoms with Gasteiger partial charge in [-0.1, -0.05) is 96.9 Å². The van der Waals surface area contributed by atoms with Gasteiger partial charge in [0.05, 0.1) is 19.3 Å². The quantitative estimate of drug-likeness (QED) is 0.203. The van der Waals surface area contributed by atoms with E-state index in [1.165, 1.54) is 18.4 Å². The standard InChI is InChI=1S/C25H44O2Si/c1-9-10-11-13-16-21(2)24(27-28(7,8)25(4,5)6)22(3)19-26-20-23-17-14-12-15-18-23/h12-18,21-22,24H,9-11,19-20H2,1-8H3/b16-13+/t21-,22-,24+/m0/s1. The maximum atomic E-state index is 6.89. The fourth-order valence-electron chi connectivity index (χ4n) is 3.03. The summed E-state index contributed by atoms with van der Waals surface area (Å²) < 4.78 is 13.0. The van der Waals surface area contributed by atoms with Gasteiger partial charge in [0.1, 0.15) is 0 Å². The SMILES string of the molecule is CCCC/C=C/[C@H](C)[C@@H](O[Si](C)(C)C(C)(C)C)[C@@H](C)COCc1ccccc1. The molecule has 0 saturated carbocycles. The summed E-state index contributed by atoms with van der Waals surface area (Å²) in [4.78, 5) is 0. The topological polar surface area (TPSA) is 18.5 Å². The molecule has 0 amide bonds. The van der Waals surface area contributed by atoms with Gasteiger partial charge in [-0.3, -0.25) is 0 Å². The van der Waals surface area contributed by atoms with Gasteiger partial charge >= 0.3 is 0 Å². The van der Waals surface area contributed by atoms with Crippen molar-refractivity contribution in [3.8, 4) is 0 Å². The highest BCUT2D eigenvalue weighted by Gasteiger charge is 2.41. The van der Waals surface area contributed by atoms with Gasteiger partial charge in [-0.2, -0.15) is 0 Å². The van der Waals surface area contributed by atoms with E-state index in [1.807, 2.05) is 6.07 Å². The minimum absolute atomic E-state index is 0.189. The summed E-state index contributed by atoms with van der Waals surface area (Å²) in [6, 6.07) is 10.4. The van der Waals surface area contributed by atoms with E-state index in [0.29, 0.717) is 18.4 Å². The summed E-state index contributed by atoms with van der Waals surface area (Å²) in [5.74, 6) is 0.741. The average molecular weight is 405 g/mol. The Morgan fingerprint density at radius 1 is 1.07 bits per heavy atom. The highest BCUT2D eigenvalue weighted by atomic mass is 28.4. The molecule has 0 bridgehead atoms. The van der Waals surface area contributed by atoms with Crippen molar-refractivity contribution in [3.05, 3.63) is 48.0 Å². The predicted molar refractivity (Wildman–Crippen MR) is 125 cm³/mol. The summed E-state index contributed by atoms with van der Waals surface area (Å²) in [5, 5.41) is 0.210. The minimum Gasteiger partial charge on any atom is -0.413 e. The van der Waals surface area contributed by atoms with Crippen molar-refractivity contribution < 1.29 is 9.16 Å². The third-order valence-corrected chi connectivity index (χ3v) is 10.4. The fourth-order valence-corrected chi connectivity index (χ4v) is 4.51. The van der Waals surface area contributed by atoms with Crippen LogP contribution in [-0.2, 0) is 15.8 Å². The molecule has 0 spiro atoms. The summed E-state index contributed by atoms with van der Waals surface area (Å²) >= 11 is 0. The Balaban J connectivity index is 2.78. The molecule has 0 aliphatic carbocycles. The molecule has 0 unspecified atom stereocenters. The molecule has 3 atom stereocenters. The molecule has 0 heterocycles. The second kappa shape index (κ2) is 11.9. The van der Waals surface area contributed by atoms with Crippen molar-refractivity contribution in [2.45, 2.75) is 91.6 Å². The first-order valence-corrected chi connectivity index (χ1v) is 14.0. The Kier molecular flexibility index (Phi) is 10.7. The molecule has 2 nitrogen and oxygen atoms in total. The molecule has 1 rings (SSSR count). The normalized spacial score (nSPS) is 16.3. The van der Waals surface area contributed by atoms with Gasteiger partial charge in [-0.25, -0.2) is 0 Å². The molecule has 0 N–H and O–H groups in total. The molecular weight excluding hydrogens is 360 g/mol. The van der Waals surface area contributed by atoms with Gasteiger partial charge in [0, 0.05) is 5.92 Å². The highest BCUT2D eigenvalue weighted by molar-refractivity contribution is 6.74. The number of unbranched alkanes of at least 4 members (excludes halogenated alkanes) is 2. The molecule has 3 heteroatoms. The van der Waals surface area contributed by atoms with Gasteiger partial charge in [-0.05, 0) is 36.0 Å². The van der Waals surface area contributed by atoms with Crippen molar-refractivity contribution in [3.63, 3.8) is 0 Å². The third-order valence-electron chi connectivity index (χ3n) is 5.97. The zero-order valence-corrected chi connectivity index (χ0v) is 20.6. The summed E-state index contributed by atoms with van der Waals surface area (Å²) in [7, 11) is -1.84. The van der Waals surface area contributed by atoms with Crippen molar-refractivity contribution in [1.82, 2.24) is 0 Å². The van der Waals surface area contributed by atoms with Crippen LogP contribution in [0, 0.1) is 11.8 Å². The largest absolute Gasteiger partial charge is 0.413 e. The van der Waals surface area contributed by atoms with Crippen LogP contribution in [0.5, 0.6) is 0 Å². The first-order valence-electron chi connectivity index (χ1n) is 11.0. The van der Waals surface area contributed by atoms with Crippen molar-refractivity contribution in [1.29, 1.82) is 0 Å². The minimum atomic E-state index is -1.84. The van der Waals surface area contributed by atoms with E-state index in [1.54, 1.807) is 0 Å². The lowest BCUT2D eigenvalue weighted by Crippen LogP contribution is -2.47. The molecule has 1 aromatic rings. The highest BCUT2D eigenvalue weighted by Crippen LogP contribution is 2.39. The molecule has 28 heavy (non-hydrogen) atoms. The Hall–Kier alpha value is -0.903. The Labute approximate surface area is 175 Å². The number of hydrogen-bond acceptors (Lipinski definition) is 2. The lowest BCUT2D eigenvalue weighted by molar-refractivity contribution is 0.0194. The maximum Gasteiger partial charge on any atom is 0.192 e. The molecular formula is C25H44O2Si. The van der Waals surface area contributed by atoms with Crippen LogP contribution >= 0.6 is 0 Å². The maximum absolute atomic E-state index is 6.89. The molecule has 0 aliphatic heterocycles. The van der Waals surface area contributed by atoms with Crippen LogP contribution in [0.1, 0.15) is 66.4 Å². The lowest BCUT2D eigenvalue weighted by Gasteiger charge is -2.42. The van der Waals surface area contributed by atoms with E-state index < -0.39 is 8.32 Å². The summed E-state index contributed by atoms with van der Waals surface area (Å²) in [6.07, 6.45) is 8.55. The molecule has 0 fully saturated rings. The van der Waals surface area contributed by atoms with Gasteiger partial charge in [-0.15, -0.1) is 0 Å². The molecule has 0 radical (unpaired) electrons. The molecule has 0 aliphatic rings. The Morgan fingerprint density at radius 3 is 2.29 bits per heavy atom. The van der Waals surface area contributed by atoms with Gasteiger partial charge in [0.25, 0.3) is 0 Å². The van der Waals surface area contributed by atoms with Crippen LogP contribution < -0.4 is 0 Å². The molecule has 0 saturated heterocycles. The Morgan fingerprint density at radius 2 is 1.71 bits per heavy atom. The number of hydrogen-bond donors (Lipinski definition) is 0. The Bertz CT molecular complexity index is 560. The fraction of sp³-hybridized carbons (Fsp3) is 0.680. The zero-order chi connectivity index (χ0) is 21.2. The smallest absolute Gasteiger partial charge is 0.192 e. The van der Waals surface area contributed by atoms with Gasteiger partial charge in [0.15, 0.2) is 8.32 Å². The second-order valence-electron chi connectivity index (χ2n) is 9.75. The van der Waals surface area contributed by atoms with Crippen molar-refractivity contribution in [2.75, 3.05) is 6.61 Å². The number of allylic oxidation sites excluding steroid dienone is 1. The molecule has 1 aromatic carbocycles. The van der Waals surface area contributed by atoms with E-state index in [0.717, 1.165) is 13.0 Å². The van der Waals surface area contributed by atoms with E-state index in [9.17, 15) is 0 Å². The third kappa shape index (κ3) is 8.63. The van der Waals surface area contributed by atoms with E-state index in [2.05, 4.69) is 91.1 Å². The van der Waals surface area contributed by atoms with Crippen LogP contribution in [0.4, 0.5) is 0 Å². The van der Waals surface area contributed by atoms with E-state index >= 15 is 0 Å². The van der Waals surface area contributed by atoms with Crippen LogP contribution in [0.3, 0.4) is 0 Å². The lowest BCUT2D eigenvalue weighted by atomic mass is 9.93. The number of benzene rings is 1. The monoisotopic (exact) mass is 404 g/mol. The van der Waals surface area contributed by atoms with Crippen molar-refractivity contribution >= 4 is 8.32 Å². The second-order valence-corrected chi connectivity index (χ2v) is 14.5. The van der Waals surface area contributed by atoms with Crippen LogP contribution in [0.25, 0.3) is 0 Å². The van der Waals surface area contributed by atoms with Crippen LogP contribution in [-0.4, -0.2) is 21.0 Å². The summed E-state index contributed by atoms with van der Waals surface area (Å²) in [6.45, 7) is 19.9. The first kappa shape index (κ1) is 25.1. The van der Waals surface area contributed by atoms with E-state index in [-0.39, 0.29) is 11.1 Å².